The van der Waals surface area contributed by atoms with Gasteiger partial charge in [0.1, 0.15) is 5.82 Å². The highest BCUT2D eigenvalue weighted by Gasteiger charge is 2.22. The minimum atomic E-state index is -3.98. The van der Waals surface area contributed by atoms with Gasteiger partial charge in [-0.05, 0) is 65.6 Å². The van der Waals surface area contributed by atoms with Gasteiger partial charge in [-0.25, -0.2) is 16.8 Å². The predicted octanol–water partition coefficient (Wildman–Crippen LogP) is 5.36. The molecule has 0 atom stereocenters. The summed E-state index contributed by atoms with van der Waals surface area (Å²) in [5, 5.41) is 10.0. The molecule has 1 heterocycles. The molecule has 0 fully saturated rings. The SMILES string of the molecule is O=C(O)CCc1cn(S(=O)(=O)c2cccc(-c3ccc(F)cc3)c2)c2ccc(Cl)cc12. The van der Waals surface area contributed by atoms with Gasteiger partial charge in [-0.3, -0.25) is 4.79 Å². The van der Waals surface area contributed by atoms with E-state index in [4.69, 9.17) is 16.7 Å². The molecule has 0 amide bonds. The van der Waals surface area contributed by atoms with Crippen LogP contribution in [0.15, 0.2) is 77.8 Å². The van der Waals surface area contributed by atoms with Gasteiger partial charge in [0.2, 0.25) is 0 Å². The fraction of sp³-hybridized carbons (Fsp3) is 0.0870. The Morgan fingerprint density at radius 1 is 1.00 bits per heavy atom. The summed E-state index contributed by atoms with van der Waals surface area (Å²) in [6, 6.07) is 17.0. The largest absolute Gasteiger partial charge is 0.481 e. The van der Waals surface area contributed by atoms with Gasteiger partial charge in [0, 0.05) is 23.0 Å². The van der Waals surface area contributed by atoms with Crippen LogP contribution < -0.4 is 0 Å². The van der Waals surface area contributed by atoms with Gasteiger partial charge < -0.3 is 5.11 Å². The van der Waals surface area contributed by atoms with Gasteiger partial charge >= 0.3 is 5.97 Å². The average molecular weight is 458 g/mol. The number of aromatic nitrogens is 1. The van der Waals surface area contributed by atoms with E-state index in [1.54, 1.807) is 42.5 Å². The van der Waals surface area contributed by atoms with Crippen LogP contribution in [-0.2, 0) is 21.2 Å². The minimum absolute atomic E-state index is 0.0611. The Kier molecular flexibility index (Phi) is 5.56. The predicted molar refractivity (Wildman–Crippen MR) is 117 cm³/mol. The Bertz CT molecular complexity index is 1400. The molecule has 0 aliphatic carbocycles. The number of aryl methyl sites for hydroxylation is 1. The third kappa shape index (κ3) is 4.19. The first-order valence-electron chi connectivity index (χ1n) is 9.38. The maximum Gasteiger partial charge on any atom is 0.303 e. The lowest BCUT2D eigenvalue weighted by Crippen LogP contribution is -2.12. The number of halogens is 2. The van der Waals surface area contributed by atoms with Gasteiger partial charge in [-0.2, -0.15) is 0 Å². The van der Waals surface area contributed by atoms with E-state index in [0.29, 0.717) is 32.6 Å². The second kappa shape index (κ2) is 8.17. The molecule has 4 aromatic rings. The number of carboxylic acids is 1. The molecule has 1 aromatic heterocycles. The topological polar surface area (TPSA) is 76.4 Å². The molecule has 8 heteroatoms. The first-order chi connectivity index (χ1) is 14.8. The van der Waals surface area contributed by atoms with Crippen LogP contribution in [0.5, 0.6) is 0 Å². The monoisotopic (exact) mass is 457 g/mol. The van der Waals surface area contributed by atoms with Gasteiger partial charge in [0.25, 0.3) is 10.0 Å². The molecule has 0 saturated carbocycles. The molecule has 5 nitrogen and oxygen atoms in total. The standard InChI is InChI=1S/C23H17ClFNO4S/c24-18-7-10-22-21(13-18)17(6-11-23(27)28)14-26(22)31(29,30)20-3-1-2-16(12-20)15-4-8-19(25)9-5-15/h1-5,7-10,12-14H,6,11H2,(H,27,28). The highest BCUT2D eigenvalue weighted by atomic mass is 35.5. The summed E-state index contributed by atoms with van der Waals surface area (Å²) in [5.74, 6) is -1.35. The van der Waals surface area contributed by atoms with E-state index in [-0.39, 0.29) is 23.6 Å². The maximum atomic E-state index is 13.5. The molecule has 31 heavy (non-hydrogen) atoms. The Hall–Kier alpha value is -3.16. The normalized spacial score (nSPS) is 11.7. The summed E-state index contributed by atoms with van der Waals surface area (Å²) in [4.78, 5) is 11.1. The molecular weight excluding hydrogens is 441 g/mol. The molecule has 0 unspecified atom stereocenters. The van der Waals surface area contributed by atoms with Crippen molar-refractivity contribution in [3.8, 4) is 11.1 Å². The van der Waals surface area contributed by atoms with E-state index < -0.39 is 16.0 Å². The Morgan fingerprint density at radius 3 is 2.45 bits per heavy atom. The summed E-state index contributed by atoms with van der Waals surface area (Å²) in [6.07, 6.45) is 1.49. The van der Waals surface area contributed by atoms with E-state index >= 15 is 0 Å². The van der Waals surface area contributed by atoms with Crippen LogP contribution in [0.25, 0.3) is 22.0 Å². The first-order valence-corrected chi connectivity index (χ1v) is 11.2. The number of carboxylic acid groups (broad SMARTS) is 1. The highest BCUT2D eigenvalue weighted by molar-refractivity contribution is 7.90. The molecular formula is C23H17ClFNO4S. The number of fused-ring (bicyclic) bond motifs is 1. The van der Waals surface area contributed by atoms with Gasteiger partial charge in [-0.1, -0.05) is 35.9 Å². The van der Waals surface area contributed by atoms with Crippen molar-refractivity contribution in [1.82, 2.24) is 3.97 Å². The number of rotatable bonds is 6. The minimum Gasteiger partial charge on any atom is -0.481 e. The van der Waals surface area contributed by atoms with Crippen molar-refractivity contribution in [1.29, 1.82) is 0 Å². The molecule has 0 aliphatic heterocycles. The van der Waals surface area contributed by atoms with Crippen molar-refractivity contribution in [2.75, 3.05) is 0 Å². The number of benzene rings is 3. The number of nitrogens with zero attached hydrogens (tertiary/aromatic N) is 1. The van der Waals surface area contributed by atoms with Crippen LogP contribution in [0.4, 0.5) is 4.39 Å². The molecule has 0 aliphatic rings. The third-order valence-corrected chi connectivity index (χ3v) is 6.90. The zero-order valence-corrected chi connectivity index (χ0v) is 17.7. The van der Waals surface area contributed by atoms with E-state index in [9.17, 15) is 17.6 Å². The summed E-state index contributed by atoms with van der Waals surface area (Å²) in [5.41, 5.74) is 2.31. The van der Waals surface area contributed by atoms with Crippen molar-refractivity contribution in [2.24, 2.45) is 0 Å². The van der Waals surface area contributed by atoms with E-state index in [0.717, 1.165) is 3.97 Å². The fourth-order valence-electron chi connectivity index (χ4n) is 3.47. The third-order valence-electron chi connectivity index (χ3n) is 4.99. The Morgan fingerprint density at radius 2 is 1.74 bits per heavy atom. The molecule has 0 saturated heterocycles. The highest BCUT2D eigenvalue weighted by Crippen LogP contribution is 2.30. The Balaban J connectivity index is 1.83. The Labute approximate surface area is 183 Å². The first kappa shape index (κ1) is 21.1. The number of aliphatic carboxylic acids is 1. The van der Waals surface area contributed by atoms with Crippen molar-refractivity contribution in [3.05, 3.63) is 89.3 Å². The maximum absolute atomic E-state index is 13.5. The van der Waals surface area contributed by atoms with Gasteiger partial charge in [-0.15, -0.1) is 0 Å². The quantitative estimate of drug-likeness (QED) is 0.423. The fourth-order valence-corrected chi connectivity index (χ4v) is 5.08. The number of hydrogen-bond acceptors (Lipinski definition) is 3. The number of hydrogen-bond donors (Lipinski definition) is 1. The zero-order valence-electron chi connectivity index (χ0n) is 16.1. The van der Waals surface area contributed by atoms with Crippen LogP contribution in [-0.4, -0.2) is 23.5 Å². The molecule has 158 valence electrons. The number of carbonyl (C=O) groups is 1. The summed E-state index contributed by atoms with van der Waals surface area (Å²) in [6.45, 7) is 0. The van der Waals surface area contributed by atoms with Crippen LogP contribution in [0.2, 0.25) is 5.02 Å². The molecule has 3 aromatic carbocycles. The summed E-state index contributed by atoms with van der Waals surface area (Å²) >= 11 is 6.09. The van der Waals surface area contributed by atoms with Crippen LogP contribution in [0, 0.1) is 5.82 Å². The lowest BCUT2D eigenvalue weighted by atomic mass is 10.1. The molecule has 0 bridgehead atoms. The van der Waals surface area contributed by atoms with Crippen molar-refractivity contribution in [3.63, 3.8) is 0 Å². The lowest BCUT2D eigenvalue weighted by molar-refractivity contribution is -0.136. The second-order valence-electron chi connectivity index (χ2n) is 7.05. The van der Waals surface area contributed by atoms with E-state index in [1.165, 1.54) is 30.5 Å². The molecule has 0 radical (unpaired) electrons. The molecule has 0 spiro atoms. The zero-order chi connectivity index (χ0) is 22.2. The van der Waals surface area contributed by atoms with Crippen molar-refractivity contribution >= 4 is 38.5 Å². The van der Waals surface area contributed by atoms with E-state index in [2.05, 4.69) is 0 Å². The smallest absolute Gasteiger partial charge is 0.303 e. The van der Waals surface area contributed by atoms with Gasteiger partial charge in [0.05, 0.1) is 10.4 Å². The summed E-state index contributed by atoms with van der Waals surface area (Å²) in [7, 11) is -3.98. The van der Waals surface area contributed by atoms with Gasteiger partial charge in [0.15, 0.2) is 0 Å². The van der Waals surface area contributed by atoms with Crippen LogP contribution in [0.3, 0.4) is 0 Å². The summed E-state index contributed by atoms with van der Waals surface area (Å²) < 4.78 is 41.3. The van der Waals surface area contributed by atoms with Crippen molar-refractivity contribution in [2.45, 2.75) is 17.7 Å². The second-order valence-corrected chi connectivity index (χ2v) is 9.30. The average Bonchev–Trinajstić information content (AvgIpc) is 3.11. The molecule has 1 N–H and O–H groups in total. The molecule has 4 rings (SSSR count). The van der Waals surface area contributed by atoms with Crippen LogP contribution in [0.1, 0.15) is 12.0 Å². The lowest BCUT2D eigenvalue weighted by Gasteiger charge is -2.10. The van der Waals surface area contributed by atoms with E-state index in [1.807, 2.05) is 0 Å². The van der Waals surface area contributed by atoms with Crippen LogP contribution >= 0.6 is 11.6 Å². The van der Waals surface area contributed by atoms with Crippen molar-refractivity contribution < 1.29 is 22.7 Å².